The summed E-state index contributed by atoms with van der Waals surface area (Å²) in [5, 5.41) is 3.15. The molecule has 0 aliphatic rings. The zero-order chi connectivity index (χ0) is 11.4. The van der Waals surface area contributed by atoms with Gasteiger partial charge in [0.05, 0.1) is 12.8 Å². The number of furan rings is 1. The minimum atomic E-state index is -0.175. The van der Waals surface area contributed by atoms with Gasteiger partial charge in [0, 0.05) is 12.1 Å². The van der Waals surface area contributed by atoms with E-state index in [-0.39, 0.29) is 5.82 Å². The molecule has 0 saturated heterocycles. The highest BCUT2D eigenvalue weighted by Gasteiger charge is 2.03. The van der Waals surface area contributed by atoms with Gasteiger partial charge in [-0.2, -0.15) is 0 Å². The molecule has 0 radical (unpaired) electrons. The van der Waals surface area contributed by atoms with Crippen LogP contribution in [0.1, 0.15) is 16.9 Å². The molecule has 2 nitrogen and oxygen atoms in total. The van der Waals surface area contributed by atoms with Crippen LogP contribution in [0, 0.1) is 12.7 Å². The molecule has 2 aromatic rings. The third kappa shape index (κ3) is 2.49. The molecule has 1 heterocycles. The van der Waals surface area contributed by atoms with Crippen molar-refractivity contribution in [2.45, 2.75) is 20.0 Å². The van der Waals surface area contributed by atoms with E-state index in [2.05, 4.69) is 5.32 Å². The lowest BCUT2D eigenvalue weighted by molar-refractivity contribution is 0.477. The lowest BCUT2D eigenvalue weighted by Crippen LogP contribution is -2.13. The minimum Gasteiger partial charge on any atom is -0.468 e. The second-order valence-electron chi connectivity index (χ2n) is 3.72. The topological polar surface area (TPSA) is 25.2 Å². The van der Waals surface area contributed by atoms with Gasteiger partial charge < -0.3 is 9.73 Å². The Bertz CT molecular complexity index is 464. The molecular weight excluding hydrogens is 205 g/mol. The van der Waals surface area contributed by atoms with Crippen LogP contribution >= 0.6 is 0 Å². The SMILES string of the molecule is Cc1ccoc1CNCc1ccccc1F. The Kier molecular flexibility index (Phi) is 3.37. The summed E-state index contributed by atoms with van der Waals surface area (Å²) >= 11 is 0. The number of hydrogen-bond donors (Lipinski definition) is 1. The molecule has 0 atom stereocenters. The Hall–Kier alpha value is -1.61. The van der Waals surface area contributed by atoms with Crippen LogP contribution in [0.2, 0.25) is 0 Å². The summed E-state index contributed by atoms with van der Waals surface area (Å²) < 4.78 is 18.5. The molecule has 0 aliphatic heterocycles. The standard InChI is InChI=1S/C13H14FNO/c1-10-6-7-16-13(10)9-15-8-11-4-2-3-5-12(11)14/h2-7,15H,8-9H2,1H3. The van der Waals surface area contributed by atoms with E-state index in [9.17, 15) is 4.39 Å². The smallest absolute Gasteiger partial charge is 0.127 e. The van der Waals surface area contributed by atoms with E-state index in [1.807, 2.05) is 19.1 Å². The van der Waals surface area contributed by atoms with Crippen molar-refractivity contribution in [3.63, 3.8) is 0 Å². The maximum absolute atomic E-state index is 13.3. The van der Waals surface area contributed by atoms with Gasteiger partial charge in [-0.3, -0.25) is 0 Å². The summed E-state index contributed by atoms with van der Waals surface area (Å²) in [7, 11) is 0. The van der Waals surface area contributed by atoms with E-state index in [1.54, 1.807) is 18.4 Å². The molecule has 1 aromatic heterocycles. The molecule has 0 fully saturated rings. The van der Waals surface area contributed by atoms with Crippen LogP contribution < -0.4 is 5.32 Å². The molecule has 2 rings (SSSR count). The first-order valence-electron chi connectivity index (χ1n) is 5.24. The lowest BCUT2D eigenvalue weighted by atomic mass is 10.2. The summed E-state index contributed by atoms with van der Waals surface area (Å²) in [5.74, 6) is 0.725. The molecule has 1 aromatic carbocycles. The van der Waals surface area contributed by atoms with Crippen LogP contribution in [-0.2, 0) is 13.1 Å². The van der Waals surface area contributed by atoms with Crippen molar-refractivity contribution in [2.24, 2.45) is 0 Å². The van der Waals surface area contributed by atoms with Crippen LogP contribution in [-0.4, -0.2) is 0 Å². The fourth-order valence-corrected chi connectivity index (χ4v) is 1.54. The van der Waals surface area contributed by atoms with E-state index in [0.29, 0.717) is 18.7 Å². The normalized spacial score (nSPS) is 10.6. The molecule has 0 aliphatic carbocycles. The van der Waals surface area contributed by atoms with Crippen LogP contribution in [0.4, 0.5) is 4.39 Å². The van der Waals surface area contributed by atoms with Crippen molar-refractivity contribution >= 4 is 0 Å². The molecule has 3 heteroatoms. The first-order chi connectivity index (χ1) is 7.77. The van der Waals surface area contributed by atoms with Crippen LogP contribution in [0.15, 0.2) is 41.0 Å². The zero-order valence-corrected chi connectivity index (χ0v) is 9.16. The predicted octanol–water partition coefficient (Wildman–Crippen LogP) is 3.02. The van der Waals surface area contributed by atoms with Gasteiger partial charge in [0.15, 0.2) is 0 Å². The van der Waals surface area contributed by atoms with Gasteiger partial charge >= 0.3 is 0 Å². The first kappa shape index (κ1) is 10.9. The van der Waals surface area contributed by atoms with Crippen molar-refractivity contribution in [1.29, 1.82) is 0 Å². The second-order valence-corrected chi connectivity index (χ2v) is 3.72. The summed E-state index contributed by atoms with van der Waals surface area (Å²) in [6.07, 6.45) is 1.66. The van der Waals surface area contributed by atoms with Crippen molar-refractivity contribution in [1.82, 2.24) is 5.32 Å². The number of halogens is 1. The lowest BCUT2D eigenvalue weighted by Gasteiger charge is -2.04. The number of benzene rings is 1. The number of hydrogen-bond acceptors (Lipinski definition) is 2. The van der Waals surface area contributed by atoms with Crippen molar-refractivity contribution in [2.75, 3.05) is 0 Å². The van der Waals surface area contributed by atoms with E-state index in [4.69, 9.17) is 4.42 Å². The van der Waals surface area contributed by atoms with E-state index < -0.39 is 0 Å². The summed E-state index contributed by atoms with van der Waals surface area (Å²) in [6, 6.07) is 8.68. The van der Waals surface area contributed by atoms with Crippen molar-refractivity contribution in [3.8, 4) is 0 Å². The van der Waals surface area contributed by atoms with Gasteiger partial charge in [0.2, 0.25) is 0 Å². The number of nitrogens with one attached hydrogen (secondary N) is 1. The molecule has 16 heavy (non-hydrogen) atoms. The van der Waals surface area contributed by atoms with Gasteiger partial charge in [-0.15, -0.1) is 0 Å². The first-order valence-corrected chi connectivity index (χ1v) is 5.24. The van der Waals surface area contributed by atoms with Crippen LogP contribution in [0.25, 0.3) is 0 Å². The van der Waals surface area contributed by atoms with E-state index >= 15 is 0 Å². The monoisotopic (exact) mass is 219 g/mol. The minimum absolute atomic E-state index is 0.175. The second kappa shape index (κ2) is 4.94. The third-order valence-electron chi connectivity index (χ3n) is 2.53. The average Bonchev–Trinajstić information content (AvgIpc) is 2.67. The van der Waals surface area contributed by atoms with Crippen LogP contribution in [0.3, 0.4) is 0 Å². The summed E-state index contributed by atoms with van der Waals surface area (Å²) in [4.78, 5) is 0. The van der Waals surface area contributed by atoms with Gasteiger partial charge in [-0.05, 0) is 24.6 Å². The molecule has 0 amide bonds. The largest absolute Gasteiger partial charge is 0.468 e. The van der Waals surface area contributed by atoms with Gasteiger partial charge in [-0.1, -0.05) is 18.2 Å². The highest BCUT2D eigenvalue weighted by Crippen LogP contribution is 2.09. The molecule has 0 spiro atoms. The number of aryl methyl sites for hydroxylation is 1. The Balaban J connectivity index is 1.89. The fraction of sp³-hybridized carbons (Fsp3) is 0.231. The highest BCUT2D eigenvalue weighted by atomic mass is 19.1. The Morgan fingerprint density at radius 2 is 2.00 bits per heavy atom. The molecule has 84 valence electrons. The van der Waals surface area contributed by atoms with Crippen LogP contribution in [0.5, 0.6) is 0 Å². The van der Waals surface area contributed by atoms with Gasteiger partial charge in [0.25, 0.3) is 0 Å². The summed E-state index contributed by atoms with van der Waals surface area (Å²) in [5.41, 5.74) is 1.78. The molecule has 0 bridgehead atoms. The van der Waals surface area contributed by atoms with Crippen molar-refractivity contribution < 1.29 is 8.81 Å². The number of rotatable bonds is 4. The third-order valence-corrected chi connectivity index (χ3v) is 2.53. The molecule has 1 N–H and O–H groups in total. The fourth-order valence-electron chi connectivity index (χ4n) is 1.54. The van der Waals surface area contributed by atoms with Gasteiger partial charge in [0.1, 0.15) is 11.6 Å². The Morgan fingerprint density at radius 3 is 2.69 bits per heavy atom. The Morgan fingerprint density at radius 1 is 1.19 bits per heavy atom. The Labute approximate surface area is 94.1 Å². The maximum Gasteiger partial charge on any atom is 0.127 e. The van der Waals surface area contributed by atoms with E-state index in [1.165, 1.54) is 6.07 Å². The molecular formula is C13H14FNO. The quantitative estimate of drug-likeness (QED) is 0.855. The summed E-state index contributed by atoms with van der Waals surface area (Å²) in [6.45, 7) is 3.11. The predicted molar refractivity (Wildman–Crippen MR) is 60.4 cm³/mol. The van der Waals surface area contributed by atoms with Crippen molar-refractivity contribution in [3.05, 3.63) is 59.3 Å². The molecule has 0 saturated carbocycles. The van der Waals surface area contributed by atoms with E-state index in [0.717, 1.165) is 11.3 Å². The zero-order valence-electron chi connectivity index (χ0n) is 9.16. The average molecular weight is 219 g/mol. The molecule has 0 unspecified atom stereocenters. The highest BCUT2D eigenvalue weighted by molar-refractivity contribution is 5.18. The van der Waals surface area contributed by atoms with Gasteiger partial charge in [-0.25, -0.2) is 4.39 Å². The maximum atomic E-state index is 13.3.